The van der Waals surface area contributed by atoms with E-state index >= 15 is 0 Å². The molecule has 2 N–H and O–H groups in total. The first-order valence-electron chi connectivity index (χ1n) is 8.35. The molecule has 0 aliphatic rings. The third-order valence-corrected chi connectivity index (χ3v) is 4.14. The van der Waals surface area contributed by atoms with Crippen molar-refractivity contribution >= 4 is 5.91 Å². The second-order valence-corrected chi connectivity index (χ2v) is 5.97. The lowest BCUT2D eigenvalue weighted by atomic mass is 9.95. The zero-order chi connectivity index (χ0) is 17.5. The Hall–Kier alpha value is -2.91. The Bertz CT molecular complexity index is 788. The first-order chi connectivity index (χ1) is 12.2. The Morgan fingerprint density at radius 3 is 1.80 bits per heavy atom. The number of aliphatic hydroxyl groups excluding tert-OH is 1. The lowest BCUT2D eigenvalue weighted by Crippen LogP contribution is -2.33. The number of nitrogens with one attached hydrogen (secondary N) is 1. The van der Waals surface area contributed by atoms with Crippen LogP contribution in [0.3, 0.4) is 0 Å². The van der Waals surface area contributed by atoms with Gasteiger partial charge >= 0.3 is 0 Å². The zero-order valence-electron chi connectivity index (χ0n) is 13.9. The average molecular weight is 331 g/mol. The molecule has 0 bridgehead atoms. The predicted molar refractivity (Wildman–Crippen MR) is 98.9 cm³/mol. The Kier molecular flexibility index (Phi) is 5.60. The van der Waals surface area contributed by atoms with Crippen molar-refractivity contribution in [2.45, 2.75) is 18.6 Å². The molecule has 3 rings (SSSR count). The van der Waals surface area contributed by atoms with Crippen LogP contribution < -0.4 is 5.32 Å². The van der Waals surface area contributed by atoms with Crippen LogP contribution in [-0.4, -0.2) is 11.0 Å². The number of hydrogen-bond donors (Lipinski definition) is 2. The summed E-state index contributed by atoms with van der Waals surface area (Å²) in [7, 11) is 0. The normalized spacial score (nSPS) is 13.0. The lowest BCUT2D eigenvalue weighted by Gasteiger charge is -2.25. The second kappa shape index (κ2) is 8.27. The first-order valence-corrected chi connectivity index (χ1v) is 8.35. The van der Waals surface area contributed by atoms with Gasteiger partial charge in [-0.05, 0) is 16.7 Å². The van der Waals surface area contributed by atoms with Crippen LogP contribution in [0.15, 0.2) is 91.0 Å². The summed E-state index contributed by atoms with van der Waals surface area (Å²) in [5.74, 6) is -0.116. The molecular weight excluding hydrogens is 310 g/mol. The minimum atomic E-state index is -0.816. The Balaban J connectivity index is 1.80. The quantitative estimate of drug-likeness (QED) is 0.721. The minimum Gasteiger partial charge on any atom is -0.386 e. The number of rotatable bonds is 6. The number of benzene rings is 3. The van der Waals surface area contributed by atoms with E-state index in [0.29, 0.717) is 0 Å². The summed E-state index contributed by atoms with van der Waals surface area (Å²) in [6.45, 7) is 0. The van der Waals surface area contributed by atoms with Gasteiger partial charge in [-0.3, -0.25) is 4.79 Å². The molecule has 3 heteroatoms. The van der Waals surface area contributed by atoms with E-state index in [1.54, 1.807) is 0 Å². The highest BCUT2D eigenvalue weighted by Gasteiger charge is 2.24. The molecule has 0 heterocycles. The van der Waals surface area contributed by atoms with Crippen molar-refractivity contribution in [3.8, 4) is 0 Å². The first kappa shape index (κ1) is 16.9. The van der Waals surface area contributed by atoms with Crippen molar-refractivity contribution < 1.29 is 9.90 Å². The summed E-state index contributed by atoms with van der Waals surface area (Å²) >= 11 is 0. The summed E-state index contributed by atoms with van der Waals surface area (Å²) in [4.78, 5) is 12.5. The van der Waals surface area contributed by atoms with E-state index < -0.39 is 12.1 Å². The molecule has 0 aliphatic carbocycles. The number of aliphatic hydroxyl groups is 1. The molecule has 0 radical (unpaired) electrons. The maximum atomic E-state index is 12.5. The third-order valence-electron chi connectivity index (χ3n) is 4.14. The van der Waals surface area contributed by atoms with Crippen LogP contribution in [0.1, 0.15) is 28.8 Å². The van der Waals surface area contributed by atoms with Gasteiger partial charge in [0, 0.05) is 0 Å². The lowest BCUT2D eigenvalue weighted by molar-refractivity contribution is -0.122. The minimum absolute atomic E-state index is 0.116. The van der Waals surface area contributed by atoms with Crippen LogP contribution in [0.25, 0.3) is 0 Å². The molecule has 0 fully saturated rings. The maximum absolute atomic E-state index is 12.5. The Morgan fingerprint density at radius 2 is 1.24 bits per heavy atom. The van der Waals surface area contributed by atoms with Gasteiger partial charge in [0.05, 0.1) is 12.5 Å². The fraction of sp³-hybridized carbons (Fsp3) is 0.136. The second-order valence-electron chi connectivity index (χ2n) is 5.97. The molecule has 3 aromatic rings. The summed E-state index contributed by atoms with van der Waals surface area (Å²) in [6.07, 6.45) is -0.533. The van der Waals surface area contributed by atoms with Gasteiger partial charge in [0.2, 0.25) is 5.91 Å². The Labute approximate surface area is 148 Å². The number of hydrogen-bond acceptors (Lipinski definition) is 2. The Morgan fingerprint density at radius 1 is 0.760 bits per heavy atom. The molecular formula is C22H21NO2. The van der Waals surface area contributed by atoms with Crippen molar-refractivity contribution in [3.05, 3.63) is 108 Å². The predicted octanol–water partition coefficient (Wildman–Crippen LogP) is 3.82. The van der Waals surface area contributed by atoms with E-state index in [4.69, 9.17) is 0 Å². The topological polar surface area (TPSA) is 49.3 Å². The smallest absolute Gasteiger partial charge is 0.225 e. The molecule has 25 heavy (non-hydrogen) atoms. The van der Waals surface area contributed by atoms with Gasteiger partial charge in [0.25, 0.3) is 0 Å². The standard InChI is InChI=1S/C22H21NO2/c24-20(16-17-10-4-1-5-11-17)23-21(18-12-6-2-7-13-18)22(25)19-14-8-3-9-15-19/h1-15,21-22,25H,16H2,(H,23,24). The van der Waals surface area contributed by atoms with E-state index in [2.05, 4.69) is 5.32 Å². The van der Waals surface area contributed by atoms with Crippen LogP contribution in [0, 0.1) is 0 Å². The van der Waals surface area contributed by atoms with Crippen LogP contribution in [0.2, 0.25) is 0 Å². The molecule has 0 saturated heterocycles. The average Bonchev–Trinajstić information content (AvgIpc) is 2.68. The van der Waals surface area contributed by atoms with Gasteiger partial charge in [-0.15, -0.1) is 0 Å². The highest BCUT2D eigenvalue weighted by atomic mass is 16.3. The molecule has 0 aliphatic heterocycles. The highest BCUT2D eigenvalue weighted by Crippen LogP contribution is 2.28. The van der Waals surface area contributed by atoms with Crippen LogP contribution in [-0.2, 0) is 11.2 Å². The van der Waals surface area contributed by atoms with E-state index in [9.17, 15) is 9.90 Å². The van der Waals surface area contributed by atoms with Crippen LogP contribution >= 0.6 is 0 Å². The van der Waals surface area contributed by atoms with Crippen molar-refractivity contribution in [1.29, 1.82) is 0 Å². The highest BCUT2D eigenvalue weighted by molar-refractivity contribution is 5.79. The van der Waals surface area contributed by atoms with Gasteiger partial charge < -0.3 is 10.4 Å². The van der Waals surface area contributed by atoms with Gasteiger partial charge in [0.15, 0.2) is 0 Å². The van der Waals surface area contributed by atoms with Crippen molar-refractivity contribution in [2.75, 3.05) is 0 Å². The van der Waals surface area contributed by atoms with Gasteiger partial charge in [-0.2, -0.15) is 0 Å². The van der Waals surface area contributed by atoms with Gasteiger partial charge in [-0.25, -0.2) is 0 Å². The SMILES string of the molecule is O=C(Cc1ccccc1)NC(c1ccccc1)C(O)c1ccccc1. The summed E-state index contributed by atoms with van der Waals surface area (Å²) in [5.41, 5.74) is 2.60. The van der Waals surface area contributed by atoms with Crippen LogP contribution in [0.4, 0.5) is 0 Å². The molecule has 3 nitrogen and oxygen atoms in total. The molecule has 3 aromatic carbocycles. The van der Waals surface area contributed by atoms with Crippen molar-refractivity contribution in [2.24, 2.45) is 0 Å². The maximum Gasteiger partial charge on any atom is 0.225 e. The summed E-state index contributed by atoms with van der Waals surface area (Å²) < 4.78 is 0. The monoisotopic (exact) mass is 331 g/mol. The van der Waals surface area contributed by atoms with Crippen LogP contribution in [0.5, 0.6) is 0 Å². The fourth-order valence-electron chi connectivity index (χ4n) is 2.85. The molecule has 2 unspecified atom stereocenters. The van der Waals surface area contributed by atoms with Gasteiger partial charge in [-0.1, -0.05) is 91.0 Å². The zero-order valence-corrected chi connectivity index (χ0v) is 13.9. The largest absolute Gasteiger partial charge is 0.386 e. The van der Waals surface area contributed by atoms with E-state index in [0.717, 1.165) is 16.7 Å². The molecule has 0 aromatic heterocycles. The molecule has 0 saturated carbocycles. The van der Waals surface area contributed by atoms with Crippen molar-refractivity contribution in [1.82, 2.24) is 5.32 Å². The molecule has 0 spiro atoms. The van der Waals surface area contributed by atoms with E-state index in [-0.39, 0.29) is 12.3 Å². The number of carbonyl (C=O) groups is 1. The van der Waals surface area contributed by atoms with Gasteiger partial charge in [0.1, 0.15) is 6.10 Å². The number of carbonyl (C=O) groups excluding carboxylic acids is 1. The third kappa shape index (κ3) is 4.55. The van der Waals surface area contributed by atoms with Crippen molar-refractivity contribution in [3.63, 3.8) is 0 Å². The molecule has 1 amide bonds. The summed E-state index contributed by atoms with van der Waals surface area (Å²) in [6, 6.07) is 28.1. The van der Waals surface area contributed by atoms with E-state index in [1.807, 2.05) is 91.0 Å². The summed E-state index contributed by atoms with van der Waals surface area (Å²) in [5, 5.41) is 13.8. The van der Waals surface area contributed by atoms with E-state index in [1.165, 1.54) is 0 Å². The molecule has 126 valence electrons. The fourth-order valence-corrected chi connectivity index (χ4v) is 2.85. The number of amides is 1. The molecule has 2 atom stereocenters.